The summed E-state index contributed by atoms with van der Waals surface area (Å²) in [7, 11) is 1.67. The van der Waals surface area contributed by atoms with Crippen LogP contribution in [-0.2, 0) is 4.74 Å². The van der Waals surface area contributed by atoms with E-state index in [1.54, 1.807) is 7.11 Å². The molecule has 1 N–H and O–H groups in total. The molecule has 1 aliphatic rings. The lowest BCUT2D eigenvalue weighted by Gasteiger charge is -2.31. The Hall–Kier alpha value is -0.120. The Bertz CT molecular complexity index is 198. The van der Waals surface area contributed by atoms with Crippen molar-refractivity contribution in [1.29, 1.82) is 0 Å². The fourth-order valence-corrected chi connectivity index (χ4v) is 2.33. The lowest BCUT2D eigenvalue weighted by molar-refractivity contribution is -0.0824. The molecule has 0 saturated carbocycles. The number of likely N-dealkylation sites (tertiary alicyclic amines) is 1. The van der Waals surface area contributed by atoms with Gasteiger partial charge in [0.15, 0.2) is 0 Å². The highest BCUT2D eigenvalue weighted by molar-refractivity contribution is 4.79. The van der Waals surface area contributed by atoms with Gasteiger partial charge in [-0.05, 0) is 46.2 Å². The minimum Gasteiger partial charge on any atom is -0.390 e. The molecule has 0 amide bonds. The van der Waals surface area contributed by atoms with E-state index < -0.39 is 5.60 Å². The van der Waals surface area contributed by atoms with Gasteiger partial charge in [-0.1, -0.05) is 19.3 Å². The van der Waals surface area contributed by atoms with E-state index in [0.717, 1.165) is 13.0 Å². The third-order valence-corrected chi connectivity index (χ3v) is 4.00. The fraction of sp³-hybridized carbons (Fsp3) is 1.00. The molecule has 0 radical (unpaired) electrons. The molecule has 1 fully saturated rings. The first-order valence-corrected chi connectivity index (χ1v) is 7.02. The van der Waals surface area contributed by atoms with Gasteiger partial charge in [0, 0.05) is 13.7 Å². The van der Waals surface area contributed by atoms with Gasteiger partial charge in [-0.25, -0.2) is 0 Å². The monoisotopic (exact) mass is 243 g/mol. The van der Waals surface area contributed by atoms with Crippen LogP contribution >= 0.6 is 0 Å². The molecular formula is C14H29NO2. The van der Waals surface area contributed by atoms with Crippen LogP contribution in [-0.4, -0.2) is 48.5 Å². The predicted octanol–water partition coefficient (Wildman–Crippen LogP) is 2.43. The zero-order chi connectivity index (χ0) is 12.7. The highest BCUT2D eigenvalue weighted by atomic mass is 16.5. The van der Waals surface area contributed by atoms with Gasteiger partial charge >= 0.3 is 0 Å². The standard InChI is InChI=1S/C14H29NO2/c1-14(2,17-3)13(16)9-12-15-10-7-5-4-6-8-11-15/h13,16H,4-12H2,1-3H3. The van der Waals surface area contributed by atoms with E-state index in [9.17, 15) is 5.11 Å². The Morgan fingerprint density at radius 1 is 1.12 bits per heavy atom. The zero-order valence-corrected chi connectivity index (χ0v) is 11.7. The van der Waals surface area contributed by atoms with Crippen molar-refractivity contribution in [3.05, 3.63) is 0 Å². The maximum absolute atomic E-state index is 10.1. The molecule has 0 aromatic carbocycles. The normalized spacial score (nSPS) is 21.9. The second-order valence-electron chi connectivity index (χ2n) is 5.72. The fourth-order valence-electron chi connectivity index (χ4n) is 2.33. The molecule has 1 saturated heterocycles. The smallest absolute Gasteiger partial charge is 0.0880 e. The van der Waals surface area contributed by atoms with Gasteiger partial charge in [-0.2, -0.15) is 0 Å². The molecule has 1 aliphatic heterocycles. The van der Waals surface area contributed by atoms with E-state index in [-0.39, 0.29) is 6.10 Å². The van der Waals surface area contributed by atoms with Crippen LogP contribution in [0.1, 0.15) is 52.4 Å². The molecular weight excluding hydrogens is 214 g/mol. The summed E-state index contributed by atoms with van der Waals surface area (Å²) < 4.78 is 5.32. The number of aliphatic hydroxyl groups is 1. The van der Waals surface area contributed by atoms with Crippen LogP contribution in [0.5, 0.6) is 0 Å². The van der Waals surface area contributed by atoms with Crippen LogP contribution in [0.3, 0.4) is 0 Å². The van der Waals surface area contributed by atoms with Gasteiger partial charge in [0.1, 0.15) is 0 Å². The molecule has 1 heterocycles. The van der Waals surface area contributed by atoms with Crippen molar-refractivity contribution in [3.8, 4) is 0 Å². The minimum absolute atomic E-state index is 0.377. The van der Waals surface area contributed by atoms with Crippen molar-refractivity contribution in [2.24, 2.45) is 0 Å². The minimum atomic E-state index is -0.428. The summed E-state index contributed by atoms with van der Waals surface area (Å²) >= 11 is 0. The van der Waals surface area contributed by atoms with Crippen molar-refractivity contribution in [3.63, 3.8) is 0 Å². The number of aliphatic hydroxyl groups excluding tert-OH is 1. The first-order chi connectivity index (χ1) is 8.06. The van der Waals surface area contributed by atoms with Gasteiger partial charge in [-0.15, -0.1) is 0 Å². The second-order valence-corrected chi connectivity index (χ2v) is 5.72. The van der Waals surface area contributed by atoms with E-state index in [4.69, 9.17) is 4.74 Å². The topological polar surface area (TPSA) is 32.7 Å². The zero-order valence-electron chi connectivity index (χ0n) is 11.7. The lowest BCUT2D eigenvalue weighted by Crippen LogP contribution is -2.41. The summed E-state index contributed by atoms with van der Waals surface area (Å²) in [5.74, 6) is 0. The highest BCUT2D eigenvalue weighted by Crippen LogP contribution is 2.18. The van der Waals surface area contributed by atoms with Gasteiger partial charge in [0.25, 0.3) is 0 Å². The van der Waals surface area contributed by atoms with Crippen molar-refractivity contribution < 1.29 is 9.84 Å². The first-order valence-electron chi connectivity index (χ1n) is 7.02. The van der Waals surface area contributed by atoms with Crippen molar-refractivity contribution in [2.45, 2.75) is 64.1 Å². The number of hydrogen-bond donors (Lipinski definition) is 1. The Morgan fingerprint density at radius 2 is 1.65 bits per heavy atom. The number of methoxy groups -OCH3 is 1. The average Bonchev–Trinajstić information content (AvgIpc) is 2.27. The largest absolute Gasteiger partial charge is 0.390 e. The molecule has 0 aromatic heterocycles. The van der Waals surface area contributed by atoms with E-state index in [2.05, 4.69) is 4.90 Å². The van der Waals surface area contributed by atoms with E-state index in [1.807, 2.05) is 13.8 Å². The summed E-state index contributed by atoms with van der Waals surface area (Å²) in [4.78, 5) is 2.49. The van der Waals surface area contributed by atoms with Gasteiger partial charge in [-0.3, -0.25) is 0 Å². The third kappa shape index (κ3) is 5.36. The van der Waals surface area contributed by atoms with Gasteiger partial charge in [0.2, 0.25) is 0 Å². The predicted molar refractivity (Wildman–Crippen MR) is 71.2 cm³/mol. The van der Waals surface area contributed by atoms with E-state index in [1.165, 1.54) is 45.2 Å². The number of ether oxygens (including phenoxy) is 1. The summed E-state index contributed by atoms with van der Waals surface area (Å²) in [6, 6.07) is 0. The molecule has 1 unspecified atom stereocenters. The number of rotatable bonds is 5. The Kier molecular flexibility index (Phi) is 6.45. The van der Waals surface area contributed by atoms with Crippen molar-refractivity contribution in [2.75, 3.05) is 26.7 Å². The van der Waals surface area contributed by atoms with Gasteiger partial charge in [0.05, 0.1) is 11.7 Å². The Labute approximate surface area is 106 Å². The first kappa shape index (κ1) is 14.9. The summed E-state index contributed by atoms with van der Waals surface area (Å²) in [6.07, 6.45) is 7.17. The van der Waals surface area contributed by atoms with Gasteiger partial charge < -0.3 is 14.7 Å². The molecule has 0 aliphatic carbocycles. The maximum Gasteiger partial charge on any atom is 0.0880 e. The molecule has 3 heteroatoms. The maximum atomic E-state index is 10.1. The van der Waals surface area contributed by atoms with Crippen LogP contribution in [0, 0.1) is 0 Å². The van der Waals surface area contributed by atoms with Crippen LogP contribution in [0.4, 0.5) is 0 Å². The summed E-state index contributed by atoms with van der Waals surface area (Å²) in [5.41, 5.74) is -0.428. The van der Waals surface area contributed by atoms with Crippen molar-refractivity contribution >= 4 is 0 Å². The number of nitrogens with zero attached hydrogens (tertiary/aromatic N) is 1. The molecule has 3 nitrogen and oxygen atoms in total. The molecule has 102 valence electrons. The van der Waals surface area contributed by atoms with Crippen LogP contribution < -0.4 is 0 Å². The molecule has 0 bridgehead atoms. The van der Waals surface area contributed by atoms with E-state index >= 15 is 0 Å². The lowest BCUT2D eigenvalue weighted by atomic mass is 9.98. The van der Waals surface area contributed by atoms with E-state index in [0.29, 0.717) is 0 Å². The second kappa shape index (κ2) is 7.34. The number of hydrogen-bond acceptors (Lipinski definition) is 3. The summed E-state index contributed by atoms with van der Waals surface area (Å²) in [5, 5.41) is 10.1. The average molecular weight is 243 g/mol. The SMILES string of the molecule is COC(C)(C)C(O)CCN1CCCCCCC1. The highest BCUT2D eigenvalue weighted by Gasteiger charge is 2.27. The van der Waals surface area contributed by atoms with Crippen LogP contribution in [0.2, 0.25) is 0 Å². The molecule has 0 spiro atoms. The Morgan fingerprint density at radius 3 is 2.18 bits per heavy atom. The molecule has 1 atom stereocenters. The van der Waals surface area contributed by atoms with Crippen LogP contribution in [0.25, 0.3) is 0 Å². The third-order valence-electron chi connectivity index (χ3n) is 4.00. The molecule has 17 heavy (non-hydrogen) atoms. The summed E-state index contributed by atoms with van der Waals surface area (Å²) in [6.45, 7) is 7.28. The molecule has 1 rings (SSSR count). The molecule has 0 aromatic rings. The quantitative estimate of drug-likeness (QED) is 0.805. The van der Waals surface area contributed by atoms with Crippen LogP contribution in [0.15, 0.2) is 0 Å². The Balaban J connectivity index is 2.28. The van der Waals surface area contributed by atoms with Crippen molar-refractivity contribution in [1.82, 2.24) is 4.90 Å².